The lowest BCUT2D eigenvalue weighted by atomic mass is 10.1. The van der Waals surface area contributed by atoms with Gasteiger partial charge in [-0.3, -0.25) is 0 Å². The maximum absolute atomic E-state index is 12.4. The van der Waals surface area contributed by atoms with Crippen LogP contribution in [0.5, 0.6) is 0 Å². The maximum Gasteiger partial charge on any atom is 0.326 e. The quantitative estimate of drug-likeness (QED) is 0.684. The van der Waals surface area contributed by atoms with E-state index >= 15 is 0 Å². The first kappa shape index (κ1) is 18.7. The van der Waals surface area contributed by atoms with Crippen molar-refractivity contribution in [2.45, 2.75) is 72.4 Å². The molecule has 0 rings (SSSR count). The van der Waals surface area contributed by atoms with E-state index in [1.807, 2.05) is 6.92 Å². The van der Waals surface area contributed by atoms with Gasteiger partial charge in [-0.2, -0.15) is 0 Å². The van der Waals surface area contributed by atoms with Gasteiger partial charge in [-0.25, -0.2) is 9.59 Å². The van der Waals surface area contributed by atoms with Gasteiger partial charge in [0.1, 0.15) is 6.04 Å². The number of amides is 2. The molecule has 0 unspecified atom stereocenters. The maximum atomic E-state index is 12.4. The van der Waals surface area contributed by atoms with Crippen molar-refractivity contribution in [2.24, 2.45) is 5.92 Å². The Balaban J connectivity index is 4.88. The van der Waals surface area contributed by atoms with Crippen LogP contribution in [0, 0.1) is 5.92 Å². The summed E-state index contributed by atoms with van der Waals surface area (Å²) in [4.78, 5) is 25.3. The molecule has 5 nitrogen and oxygen atoms in total. The largest absolute Gasteiger partial charge is 0.480 e. The minimum Gasteiger partial charge on any atom is -0.480 e. The zero-order valence-electron chi connectivity index (χ0n) is 13.5. The van der Waals surface area contributed by atoms with Crippen molar-refractivity contribution in [2.75, 3.05) is 6.54 Å². The SMILES string of the molecule is CCC[C@@H](NC(=O)N(CC(C)C)C(CC)CC)C(=O)O. The van der Waals surface area contributed by atoms with Gasteiger partial charge in [0, 0.05) is 12.6 Å². The van der Waals surface area contributed by atoms with Crippen molar-refractivity contribution < 1.29 is 14.7 Å². The molecule has 0 aliphatic rings. The number of carbonyl (C=O) groups is 2. The highest BCUT2D eigenvalue weighted by Crippen LogP contribution is 2.12. The summed E-state index contributed by atoms with van der Waals surface area (Å²) < 4.78 is 0. The molecular formula is C15H30N2O3. The molecule has 118 valence electrons. The van der Waals surface area contributed by atoms with Crippen LogP contribution in [0.15, 0.2) is 0 Å². The van der Waals surface area contributed by atoms with Crippen molar-refractivity contribution in [3.8, 4) is 0 Å². The van der Waals surface area contributed by atoms with Gasteiger partial charge >= 0.3 is 12.0 Å². The van der Waals surface area contributed by atoms with E-state index in [2.05, 4.69) is 33.0 Å². The molecule has 0 saturated heterocycles. The van der Waals surface area contributed by atoms with Crippen LogP contribution in [0.25, 0.3) is 0 Å². The summed E-state index contributed by atoms with van der Waals surface area (Å²) in [5, 5.41) is 11.8. The standard InChI is InChI=1S/C15H30N2O3/c1-6-9-13(14(18)19)16-15(20)17(10-11(4)5)12(7-2)8-3/h11-13H,6-10H2,1-5H3,(H,16,20)(H,18,19)/t13-/m1/s1. The Morgan fingerprint density at radius 1 is 1.15 bits per heavy atom. The van der Waals surface area contributed by atoms with Crippen LogP contribution < -0.4 is 5.32 Å². The van der Waals surface area contributed by atoms with Crippen LogP contribution in [-0.4, -0.2) is 40.6 Å². The molecular weight excluding hydrogens is 256 g/mol. The highest BCUT2D eigenvalue weighted by Gasteiger charge is 2.26. The number of aliphatic carboxylic acids is 1. The molecule has 20 heavy (non-hydrogen) atoms. The third-order valence-electron chi connectivity index (χ3n) is 3.38. The molecule has 1 atom stereocenters. The lowest BCUT2D eigenvalue weighted by Crippen LogP contribution is -2.52. The van der Waals surface area contributed by atoms with Crippen LogP contribution in [0.2, 0.25) is 0 Å². The molecule has 0 aliphatic carbocycles. The number of rotatable bonds is 9. The molecule has 0 aromatic heterocycles. The summed E-state index contributed by atoms with van der Waals surface area (Å²) in [6, 6.07) is -0.891. The molecule has 2 N–H and O–H groups in total. The first-order valence-corrected chi connectivity index (χ1v) is 7.67. The second kappa shape index (κ2) is 9.61. The molecule has 0 bridgehead atoms. The van der Waals surface area contributed by atoms with E-state index in [9.17, 15) is 9.59 Å². The summed E-state index contributed by atoms with van der Waals surface area (Å²) >= 11 is 0. The van der Waals surface area contributed by atoms with Gasteiger partial charge in [0.05, 0.1) is 0 Å². The average Bonchev–Trinajstić information content (AvgIpc) is 2.37. The van der Waals surface area contributed by atoms with Gasteiger partial charge in [-0.05, 0) is 25.2 Å². The third-order valence-corrected chi connectivity index (χ3v) is 3.38. The van der Waals surface area contributed by atoms with Gasteiger partial charge in [-0.1, -0.05) is 41.0 Å². The molecule has 0 heterocycles. The number of hydrogen-bond acceptors (Lipinski definition) is 2. The Hall–Kier alpha value is -1.26. The summed E-state index contributed by atoms with van der Waals surface area (Å²) in [6.07, 6.45) is 2.94. The Morgan fingerprint density at radius 2 is 1.70 bits per heavy atom. The summed E-state index contributed by atoms with van der Waals surface area (Å²) in [6.45, 7) is 10.8. The summed E-state index contributed by atoms with van der Waals surface area (Å²) in [7, 11) is 0. The fourth-order valence-corrected chi connectivity index (χ4v) is 2.30. The van der Waals surface area contributed by atoms with Crippen molar-refractivity contribution in [1.29, 1.82) is 0 Å². The number of carbonyl (C=O) groups excluding carboxylic acids is 1. The van der Waals surface area contributed by atoms with Crippen LogP contribution in [0.3, 0.4) is 0 Å². The molecule has 0 fully saturated rings. The van der Waals surface area contributed by atoms with E-state index in [4.69, 9.17) is 5.11 Å². The summed E-state index contributed by atoms with van der Waals surface area (Å²) in [5.74, 6) is -0.606. The predicted octanol–water partition coefficient (Wildman–Crippen LogP) is 3.10. The van der Waals surface area contributed by atoms with E-state index in [0.717, 1.165) is 19.3 Å². The fraction of sp³-hybridized carbons (Fsp3) is 0.867. The summed E-state index contributed by atoms with van der Waals surface area (Å²) in [5.41, 5.74) is 0. The van der Waals surface area contributed by atoms with E-state index < -0.39 is 12.0 Å². The number of urea groups is 1. The van der Waals surface area contributed by atoms with Crippen molar-refractivity contribution in [3.05, 3.63) is 0 Å². The predicted molar refractivity (Wildman–Crippen MR) is 80.8 cm³/mol. The second-order valence-electron chi connectivity index (χ2n) is 5.65. The molecule has 0 radical (unpaired) electrons. The highest BCUT2D eigenvalue weighted by molar-refractivity contribution is 5.82. The van der Waals surface area contributed by atoms with Gasteiger partial charge in [0.15, 0.2) is 0 Å². The third kappa shape index (κ3) is 6.26. The molecule has 0 aliphatic heterocycles. The zero-order chi connectivity index (χ0) is 15.7. The number of nitrogens with one attached hydrogen (secondary N) is 1. The lowest BCUT2D eigenvalue weighted by Gasteiger charge is -2.33. The number of carboxylic acids is 1. The van der Waals surface area contributed by atoms with E-state index in [0.29, 0.717) is 18.9 Å². The number of nitrogens with zero attached hydrogens (tertiary/aromatic N) is 1. The van der Waals surface area contributed by atoms with Crippen LogP contribution >= 0.6 is 0 Å². The minimum atomic E-state index is -0.964. The van der Waals surface area contributed by atoms with E-state index in [1.165, 1.54) is 0 Å². The first-order valence-electron chi connectivity index (χ1n) is 7.67. The lowest BCUT2D eigenvalue weighted by molar-refractivity contribution is -0.139. The average molecular weight is 286 g/mol. The molecule has 0 spiro atoms. The fourth-order valence-electron chi connectivity index (χ4n) is 2.30. The van der Waals surface area contributed by atoms with Crippen molar-refractivity contribution >= 4 is 12.0 Å². The molecule has 5 heteroatoms. The van der Waals surface area contributed by atoms with E-state index in [-0.39, 0.29) is 12.1 Å². The first-order chi connectivity index (χ1) is 9.37. The molecule has 0 aromatic rings. The molecule has 0 saturated carbocycles. The van der Waals surface area contributed by atoms with Crippen LogP contribution in [0.1, 0.15) is 60.3 Å². The van der Waals surface area contributed by atoms with Crippen molar-refractivity contribution in [1.82, 2.24) is 10.2 Å². The van der Waals surface area contributed by atoms with Crippen LogP contribution in [-0.2, 0) is 4.79 Å². The monoisotopic (exact) mass is 286 g/mol. The number of carboxylic acid groups (broad SMARTS) is 1. The number of hydrogen-bond donors (Lipinski definition) is 2. The van der Waals surface area contributed by atoms with Gasteiger partial charge in [0.25, 0.3) is 0 Å². The minimum absolute atomic E-state index is 0.161. The highest BCUT2D eigenvalue weighted by atomic mass is 16.4. The second-order valence-corrected chi connectivity index (χ2v) is 5.65. The topological polar surface area (TPSA) is 69.6 Å². The van der Waals surface area contributed by atoms with E-state index in [1.54, 1.807) is 4.90 Å². The smallest absolute Gasteiger partial charge is 0.326 e. The Labute approximate surface area is 122 Å². The normalized spacial score (nSPS) is 12.6. The Bertz CT molecular complexity index is 301. The van der Waals surface area contributed by atoms with Crippen LogP contribution in [0.4, 0.5) is 4.79 Å². The molecule has 0 aromatic carbocycles. The Morgan fingerprint density at radius 3 is 2.05 bits per heavy atom. The zero-order valence-corrected chi connectivity index (χ0v) is 13.5. The van der Waals surface area contributed by atoms with Gasteiger partial charge < -0.3 is 15.3 Å². The van der Waals surface area contributed by atoms with Gasteiger partial charge in [-0.15, -0.1) is 0 Å². The molecule has 2 amide bonds. The van der Waals surface area contributed by atoms with Gasteiger partial charge in [0.2, 0.25) is 0 Å². The Kier molecular flexibility index (Phi) is 9.01. The van der Waals surface area contributed by atoms with Crippen molar-refractivity contribution in [3.63, 3.8) is 0 Å².